The summed E-state index contributed by atoms with van der Waals surface area (Å²) in [5, 5.41) is 6.14. The Bertz CT molecular complexity index is 393. The fourth-order valence-electron chi connectivity index (χ4n) is 1.30. The van der Waals surface area contributed by atoms with Gasteiger partial charge in [0.05, 0.1) is 6.20 Å². The van der Waals surface area contributed by atoms with Gasteiger partial charge in [0.25, 0.3) is 5.92 Å². The largest absolute Gasteiger partial charge is 0.310 e. The molecular formula is C8H8ClF2N3O. The number of alkyl halides is 3. The molecule has 1 aliphatic carbocycles. The second kappa shape index (κ2) is 3.44. The minimum Gasteiger partial charge on any atom is -0.310 e. The second-order valence-corrected chi connectivity index (χ2v) is 3.59. The van der Waals surface area contributed by atoms with Crippen LogP contribution in [0.4, 0.5) is 14.6 Å². The third kappa shape index (κ3) is 1.94. The third-order valence-electron chi connectivity index (χ3n) is 2.15. The maximum atomic E-state index is 12.8. The summed E-state index contributed by atoms with van der Waals surface area (Å²) >= 11 is 5.28. The predicted molar refractivity (Wildman–Crippen MR) is 50.2 cm³/mol. The van der Waals surface area contributed by atoms with Crippen molar-refractivity contribution < 1.29 is 13.6 Å². The monoisotopic (exact) mass is 235 g/mol. The summed E-state index contributed by atoms with van der Waals surface area (Å²) in [7, 11) is 0. The summed E-state index contributed by atoms with van der Waals surface area (Å²) in [5.41, 5.74) is 0. The fraction of sp³-hybridized carbons (Fsp3) is 0.500. The molecule has 0 aliphatic heterocycles. The molecule has 0 spiro atoms. The zero-order chi connectivity index (χ0) is 11.1. The van der Waals surface area contributed by atoms with Gasteiger partial charge in [-0.2, -0.15) is 5.10 Å². The van der Waals surface area contributed by atoms with Crippen molar-refractivity contribution in [2.24, 2.45) is 0 Å². The Morgan fingerprint density at radius 2 is 2.47 bits per heavy atom. The summed E-state index contributed by atoms with van der Waals surface area (Å²) in [6.45, 7) is 0. The van der Waals surface area contributed by atoms with E-state index < -0.39 is 17.9 Å². The standard InChI is InChI=1S/C8H8ClF2N3O/c9-4-7(15)13-6-1-2-12-14(6)5-3-8(5,10)11/h1-2,5H,3-4H2,(H,13,15). The number of nitrogens with zero attached hydrogens (tertiary/aromatic N) is 2. The zero-order valence-electron chi connectivity index (χ0n) is 7.58. The smallest absolute Gasteiger partial charge is 0.272 e. The average Bonchev–Trinajstić information content (AvgIpc) is 2.62. The van der Waals surface area contributed by atoms with Crippen molar-refractivity contribution in [3.63, 3.8) is 0 Å². The molecule has 1 aliphatic rings. The highest BCUT2D eigenvalue weighted by Gasteiger charge is 2.59. The van der Waals surface area contributed by atoms with Gasteiger partial charge in [-0.1, -0.05) is 0 Å². The number of hydrogen-bond acceptors (Lipinski definition) is 2. The Hall–Kier alpha value is -1.17. The molecule has 1 heterocycles. The van der Waals surface area contributed by atoms with E-state index in [0.717, 1.165) is 4.68 Å². The summed E-state index contributed by atoms with van der Waals surface area (Å²) in [6.07, 6.45) is 1.12. The van der Waals surface area contributed by atoms with E-state index in [4.69, 9.17) is 11.6 Å². The first-order valence-electron chi connectivity index (χ1n) is 4.32. The summed E-state index contributed by atoms with van der Waals surface area (Å²) in [5.74, 6) is -3.12. The van der Waals surface area contributed by atoms with E-state index in [9.17, 15) is 13.6 Å². The van der Waals surface area contributed by atoms with Crippen molar-refractivity contribution in [2.75, 3.05) is 11.2 Å². The molecule has 82 valence electrons. The lowest BCUT2D eigenvalue weighted by molar-refractivity contribution is -0.114. The van der Waals surface area contributed by atoms with Crippen molar-refractivity contribution in [3.8, 4) is 0 Å². The number of anilines is 1. The van der Waals surface area contributed by atoms with Gasteiger partial charge in [-0.15, -0.1) is 11.6 Å². The van der Waals surface area contributed by atoms with Crippen LogP contribution < -0.4 is 5.32 Å². The molecule has 1 atom stereocenters. The predicted octanol–water partition coefficient (Wildman–Crippen LogP) is 1.64. The van der Waals surface area contributed by atoms with Gasteiger partial charge in [-0.3, -0.25) is 4.79 Å². The van der Waals surface area contributed by atoms with E-state index in [-0.39, 0.29) is 18.1 Å². The van der Waals surface area contributed by atoms with Crippen molar-refractivity contribution in [1.29, 1.82) is 0 Å². The van der Waals surface area contributed by atoms with Gasteiger partial charge in [0.1, 0.15) is 17.7 Å². The normalized spacial score (nSPS) is 22.5. The van der Waals surface area contributed by atoms with Crippen LogP contribution in [0.3, 0.4) is 0 Å². The number of hydrogen-bond donors (Lipinski definition) is 1. The van der Waals surface area contributed by atoms with Gasteiger partial charge in [-0.25, -0.2) is 13.5 Å². The van der Waals surface area contributed by atoms with Gasteiger partial charge >= 0.3 is 0 Å². The molecule has 2 rings (SSSR count). The number of aromatic nitrogens is 2. The molecule has 1 saturated carbocycles. The number of carbonyl (C=O) groups is 1. The van der Waals surface area contributed by atoms with Crippen LogP contribution in [0.25, 0.3) is 0 Å². The van der Waals surface area contributed by atoms with E-state index in [1.54, 1.807) is 0 Å². The zero-order valence-corrected chi connectivity index (χ0v) is 8.34. The molecule has 0 radical (unpaired) electrons. The molecule has 0 saturated heterocycles. The van der Waals surface area contributed by atoms with Crippen LogP contribution in [0.2, 0.25) is 0 Å². The highest BCUT2D eigenvalue weighted by Crippen LogP contribution is 2.53. The highest BCUT2D eigenvalue weighted by atomic mass is 35.5. The van der Waals surface area contributed by atoms with Gasteiger partial charge in [0.15, 0.2) is 0 Å². The van der Waals surface area contributed by atoms with Gasteiger partial charge in [0, 0.05) is 12.5 Å². The molecule has 1 aromatic heterocycles. The molecule has 15 heavy (non-hydrogen) atoms. The van der Waals surface area contributed by atoms with Gasteiger partial charge in [-0.05, 0) is 0 Å². The minimum absolute atomic E-state index is 0.216. The lowest BCUT2D eigenvalue weighted by Crippen LogP contribution is -2.17. The Kier molecular flexibility index (Phi) is 2.38. The average molecular weight is 236 g/mol. The molecule has 1 N–H and O–H groups in total. The lowest BCUT2D eigenvalue weighted by atomic mass is 10.5. The Morgan fingerprint density at radius 3 is 3.00 bits per heavy atom. The van der Waals surface area contributed by atoms with E-state index >= 15 is 0 Å². The molecule has 7 heteroatoms. The number of amides is 1. The number of nitrogens with one attached hydrogen (secondary N) is 1. The van der Waals surface area contributed by atoms with Crippen molar-refractivity contribution in [1.82, 2.24) is 9.78 Å². The van der Waals surface area contributed by atoms with Crippen LogP contribution in [0.5, 0.6) is 0 Å². The maximum absolute atomic E-state index is 12.8. The topological polar surface area (TPSA) is 46.9 Å². The minimum atomic E-state index is -2.72. The van der Waals surface area contributed by atoms with Crippen LogP contribution in [-0.2, 0) is 4.79 Å². The molecule has 0 bridgehead atoms. The lowest BCUT2D eigenvalue weighted by Gasteiger charge is -2.06. The quantitative estimate of drug-likeness (QED) is 0.810. The highest BCUT2D eigenvalue weighted by molar-refractivity contribution is 6.29. The maximum Gasteiger partial charge on any atom is 0.272 e. The van der Waals surface area contributed by atoms with Crippen LogP contribution in [0.1, 0.15) is 12.5 Å². The first kappa shape index (κ1) is 10.4. The summed E-state index contributed by atoms with van der Waals surface area (Å²) < 4.78 is 26.6. The SMILES string of the molecule is O=C(CCl)Nc1ccnn1C1CC1(F)F. The number of carbonyl (C=O) groups excluding carboxylic acids is 1. The van der Waals surface area contributed by atoms with E-state index in [1.165, 1.54) is 12.3 Å². The van der Waals surface area contributed by atoms with Gasteiger partial charge < -0.3 is 5.32 Å². The number of halogens is 3. The van der Waals surface area contributed by atoms with E-state index in [0.29, 0.717) is 0 Å². The first-order chi connectivity index (χ1) is 7.04. The summed E-state index contributed by atoms with van der Waals surface area (Å²) in [6, 6.07) is 0.511. The van der Waals surface area contributed by atoms with E-state index in [2.05, 4.69) is 10.4 Å². The van der Waals surface area contributed by atoms with Crippen molar-refractivity contribution in [2.45, 2.75) is 18.4 Å². The van der Waals surface area contributed by atoms with Crippen LogP contribution >= 0.6 is 11.6 Å². The van der Waals surface area contributed by atoms with Crippen LogP contribution in [0.15, 0.2) is 12.3 Å². The summed E-state index contributed by atoms with van der Waals surface area (Å²) in [4.78, 5) is 11.0. The molecular weight excluding hydrogens is 228 g/mol. The Labute approximate surface area is 89.2 Å². The molecule has 0 aromatic carbocycles. The third-order valence-corrected chi connectivity index (χ3v) is 2.39. The number of rotatable bonds is 3. The Morgan fingerprint density at radius 1 is 1.80 bits per heavy atom. The molecule has 1 amide bonds. The molecule has 1 fully saturated rings. The van der Waals surface area contributed by atoms with Crippen molar-refractivity contribution in [3.05, 3.63) is 12.3 Å². The van der Waals surface area contributed by atoms with Gasteiger partial charge in [0.2, 0.25) is 5.91 Å². The molecule has 1 unspecified atom stereocenters. The molecule has 1 aromatic rings. The van der Waals surface area contributed by atoms with E-state index in [1.807, 2.05) is 0 Å². The second-order valence-electron chi connectivity index (χ2n) is 3.32. The van der Waals surface area contributed by atoms with Crippen molar-refractivity contribution >= 4 is 23.3 Å². The van der Waals surface area contributed by atoms with Crippen LogP contribution in [-0.4, -0.2) is 27.5 Å². The Balaban J connectivity index is 2.13. The fourth-order valence-corrected chi connectivity index (χ4v) is 1.37. The molecule has 4 nitrogen and oxygen atoms in total. The van der Waals surface area contributed by atoms with Crippen LogP contribution in [0, 0.1) is 0 Å². The first-order valence-corrected chi connectivity index (χ1v) is 4.85.